The van der Waals surface area contributed by atoms with Crippen LogP contribution in [0.2, 0.25) is 0 Å². The summed E-state index contributed by atoms with van der Waals surface area (Å²) in [5.74, 6) is 2.67. The van der Waals surface area contributed by atoms with Gasteiger partial charge in [0.2, 0.25) is 0 Å². The molecule has 0 aromatic rings. The maximum absolute atomic E-state index is 9.03. The molecule has 2 nitrogen and oxygen atoms in total. The van der Waals surface area contributed by atoms with Crippen LogP contribution in [0.4, 0.5) is 0 Å². The van der Waals surface area contributed by atoms with E-state index < -0.39 is 0 Å². The minimum atomic E-state index is 0.390. The molecule has 13 heavy (non-hydrogen) atoms. The highest BCUT2D eigenvalue weighted by molar-refractivity contribution is 4.89. The first-order valence-electron chi connectivity index (χ1n) is 5.60. The molecule has 1 aliphatic carbocycles. The molecular weight excluding hydrogens is 162 g/mol. The van der Waals surface area contributed by atoms with Crippen LogP contribution in [0.1, 0.15) is 25.7 Å². The van der Waals surface area contributed by atoms with E-state index in [4.69, 9.17) is 5.11 Å². The van der Waals surface area contributed by atoms with Crippen LogP contribution in [0.25, 0.3) is 0 Å². The van der Waals surface area contributed by atoms with Gasteiger partial charge < -0.3 is 10.0 Å². The molecule has 2 rings (SSSR count). The Hall–Kier alpha value is -0.0800. The van der Waals surface area contributed by atoms with Crippen LogP contribution in [0.3, 0.4) is 0 Å². The fraction of sp³-hybridized carbons (Fsp3) is 1.00. The Kier molecular flexibility index (Phi) is 2.89. The van der Waals surface area contributed by atoms with Gasteiger partial charge in [0.15, 0.2) is 0 Å². The standard InChI is InChI=1S/C11H21NO/c1-12-6-4-10(8-12)11(5-7-13)9-2-3-9/h9-11,13H,2-8H2,1H3. The summed E-state index contributed by atoms with van der Waals surface area (Å²) in [7, 11) is 2.21. The summed E-state index contributed by atoms with van der Waals surface area (Å²) in [6.07, 6.45) is 5.25. The van der Waals surface area contributed by atoms with Crippen LogP contribution in [0.5, 0.6) is 0 Å². The second-order valence-corrected chi connectivity index (χ2v) is 4.82. The number of aliphatic hydroxyl groups excluding tert-OH is 1. The summed E-state index contributed by atoms with van der Waals surface area (Å²) in [6, 6.07) is 0. The van der Waals surface area contributed by atoms with E-state index in [2.05, 4.69) is 11.9 Å². The quantitative estimate of drug-likeness (QED) is 0.711. The minimum Gasteiger partial charge on any atom is -0.396 e. The number of aliphatic hydroxyl groups is 1. The topological polar surface area (TPSA) is 23.5 Å². The molecule has 0 aromatic heterocycles. The van der Waals surface area contributed by atoms with Gasteiger partial charge in [-0.3, -0.25) is 0 Å². The summed E-state index contributed by atoms with van der Waals surface area (Å²) >= 11 is 0. The molecule has 0 bridgehead atoms. The number of nitrogens with zero attached hydrogens (tertiary/aromatic N) is 1. The molecule has 76 valence electrons. The number of hydrogen-bond acceptors (Lipinski definition) is 2. The van der Waals surface area contributed by atoms with Crippen molar-refractivity contribution in [2.45, 2.75) is 25.7 Å². The van der Waals surface area contributed by atoms with Crippen LogP contribution in [0, 0.1) is 17.8 Å². The van der Waals surface area contributed by atoms with Crippen molar-refractivity contribution in [2.24, 2.45) is 17.8 Å². The summed E-state index contributed by atoms with van der Waals surface area (Å²) in [5, 5.41) is 9.03. The lowest BCUT2D eigenvalue weighted by Crippen LogP contribution is -2.22. The fourth-order valence-electron chi connectivity index (χ4n) is 2.85. The van der Waals surface area contributed by atoms with Crippen molar-refractivity contribution in [1.29, 1.82) is 0 Å². The molecule has 0 radical (unpaired) electrons. The van der Waals surface area contributed by atoms with E-state index >= 15 is 0 Å². The SMILES string of the molecule is CN1CCC(C(CCO)C2CC2)C1. The Morgan fingerprint density at radius 3 is 2.54 bits per heavy atom. The van der Waals surface area contributed by atoms with E-state index in [0.717, 1.165) is 24.2 Å². The van der Waals surface area contributed by atoms with E-state index in [1.165, 1.54) is 32.4 Å². The van der Waals surface area contributed by atoms with Crippen molar-refractivity contribution in [3.8, 4) is 0 Å². The summed E-state index contributed by atoms with van der Waals surface area (Å²) in [5.41, 5.74) is 0. The number of hydrogen-bond donors (Lipinski definition) is 1. The molecule has 2 aliphatic rings. The third-order valence-electron chi connectivity index (χ3n) is 3.72. The zero-order chi connectivity index (χ0) is 9.26. The first kappa shape index (κ1) is 9.47. The molecule has 1 saturated heterocycles. The third-order valence-corrected chi connectivity index (χ3v) is 3.72. The molecule has 1 saturated carbocycles. The molecule has 0 spiro atoms. The van der Waals surface area contributed by atoms with Crippen LogP contribution in [-0.2, 0) is 0 Å². The second kappa shape index (κ2) is 3.97. The van der Waals surface area contributed by atoms with Gasteiger partial charge in [-0.2, -0.15) is 0 Å². The largest absolute Gasteiger partial charge is 0.396 e. The molecule has 1 heterocycles. The van der Waals surface area contributed by atoms with Gasteiger partial charge in [-0.1, -0.05) is 0 Å². The van der Waals surface area contributed by atoms with Gasteiger partial charge in [-0.05, 0) is 57.0 Å². The van der Waals surface area contributed by atoms with Gasteiger partial charge in [0, 0.05) is 13.2 Å². The van der Waals surface area contributed by atoms with Crippen LogP contribution >= 0.6 is 0 Å². The summed E-state index contributed by atoms with van der Waals surface area (Å²) < 4.78 is 0. The number of rotatable bonds is 4. The lowest BCUT2D eigenvalue weighted by Gasteiger charge is -2.22. The van der Waals surface area contributed by atoms with E-state index in [0.29, 0.717) is 6.61 Å². The zero-order valence-electron chi connectivity index (χ0n) is 8.58. The van der Waals surface area contributed by atoms with Crippen molar-refractivity contribution >= 4 is 0 Å². The van der Waals surface area contributed by atoms with Gasteiger partial charge >= 0.3 is 0 Å². The van der Waals surface area contributed by atoms with Crippen molar-refractivity contribution in [3.05, 3.63) is 0 Å². The molecule has 2 unspecified atom stereocenters. The average molecular weight is 183 g/mol. The van der Waals surface area contributed by atoms with Gasteiger partial charge in [0.25, 0.3) is 0 Å². The Labute approximate surface area is 80.9 Å². The van der Waals surface area contributed by atoms with Crippen LogP contribution < -0.4 is 0 Å². The van der Waals surface area contributed by atoms with E-state index in [-0.39, 0.29) is 0 Å². The van der Waals surface area contributed by atoms with Gasteiger partial charge in [-0.15, -0.1) is 0 Å². The Balaban J connectivity index is 1.87. The monoisotopic (exact) mass is 183 g/mol. The van der Waals surface area contributed by atoms with Gasteiger partial charge in [-0.25, -0.2) is 0 Å². The summed E-state index contributed by atoms with van der Waals surface area (Å²) in [6.45, 7) is 2.92. The van der Waals surface area contributed by atoms with Crippen molar-refractivity contribution in [2.75, 3.05) is 26.7 Å². The van der Waals surface area contributed by atoms with E-state index in [9.17, 15) is 0 Å². The van der Waals surface area contributed by atoms with Crippen LogP contribution in [0.15, 0.2) is 0 Å². The smallest absolute Gasteiger partial charge is 0.0433 e. The molecule has 0 amide bonds. The predicted molar refractivity (Wildman–Crippen MR) is 53.5 cm³/mol. The maximum atomic E-state index is 9.03. The first-order chi connectivity index (χ1) is 6.31. The fourth-order valence-corrected chi connectivity index (χ4v) is 2.85. The molecule has 2 atom stereocenters. The molecular formula is C11H21NO. The highest BCUT2D eigenvalue weighted by Crippen LogP contribution is 2.44. The average Bonchev–Trinajstić information content (AvgIpc) is 2.85. The lowest BCUT2D eigenvalue weighted by atomic mass is 9.85. The second-order valence-electron chi connectivity index (χ2n) is 4.82. The van der Waals surface area contributed by atoms with Crippen molar-refractivity contribution in [1.82, 2.24) is 4.90 Å². The molecule has 1 aliphatic heterocycles. The van der Waals surface area contributed by atoms with Crippen molar-refractivity contribution in [3.63, 3.8) is 0 Å². The first-order valence-corrected chi connectivity index (χ1v) is 5.60. The molecule has 2 heteroatoms. The van der Waals surface area contributed by atoms with Crippen LogP contribution in [-0.4, -0.2) is 36.8 Å². The van der Waals surface area contributed by atoms with E-state index in [1.54, 1.807) is 0 Å². The third kappa shape index (κ3) is 2.23. The van der Waals surface area contributed by atoms with E-state index in [1.807, 2.05) is 0 Å². The van der Waals surface area contributed by atoms with Crippen molar-refractivity contribution < 1.29 is 5.11 Å². The maximum Gasteiger partial charge on any atom is 0.0433 e. The Morgan fingerprint density at radius 1 is 1.31 bits per heavy atom. The highest BCUT2D eigenvalue weighted by atomic mass is 16.3. The molecule has 0 aromatic carbocycles. The lowest BCUT2D eigenvalue weighted by molar-refractivity contribution is 0.202. The molecule has 1 N–H and O–H groups in total. The molecule has 2 fully saturated rings. The normalized spacial score (nSPS) is 32.3. The zero-order valence-corrected chi connectivity index (χ0v) is 8.58. The predicted octanol–water partition coefficient (Wildman–Crippen LogP) is 1.35. The van der Waals surface area contributed by atoms with Gasteiger partial charge in [0.05, 0.1) is 0 Å². The Bertz CT molecular complexity index is 167. The van der Waals surface area contributed by atoms with Gasteiger partial charge in [0.1, 0.15) is 0 Å². The number of likely N-dealkylation sites (tertiary alicyclic amines) is 1. The summed E-state index contributed by atoms with van der Waals surface area (Å²) in [4.78, 5) is 2.43. The minimum absolute atomic E-state index is 0.390. The Morgan fingerprint density at radius 2 is 2.08 bits per heavy atom. The highest BCUT2D eigenvalue weighted by Gasteiger charge is 2.37.